The maximum absolute atomic E-state index is 12.2. The van der Waals surface area contributed by atoms with Gasteiger partial charge in [-0.2, -0.15) is 0 Å². The smallest absolute Gasteiger partial charge is 0.237 e. The van der Waals surface area contributed by atoms with Gasteiger partial charge in [-0.05, 0) is 32.4 Å². The lowest BCUT2D eigenvalue weighted by molar-refractivity contribution is -0.126. The first-order valence-electron chi connectivity index (χ1n) is 7.76. The van der Waals surface area contributed by atoms with Crippen LogP contribution in [0.15, 0.2) is 0 Å². The molecule has 0 heterocycles. The summed E-state index contributed by atoms with van der Waals surface area (Å²) in [4.78, 5) is 35.4. The van der Waals surface area contributed by atoms with Crippen molar-refractivity contribution in [2.45, 2.75) is 52.5 Å². The number of carbonyl (C=O) groups excluding carboxylic acids is 3. The van der Waals surface area contributed by atoms with E-state index in [0.29, 0.717) is 19.5 Å². The molecule has 0 rings (SSSR count). The van der Waals surface area contributed by atoms with Gasteiger partial charge in [-0.1, -0.05) is 13.8 Å². The Kier molecular flexibility index (Phi) is 11.5. The normalized spacial score (nSPS) is 12.0. The second-order valence-corrected chi connectivity index (χ2v) is 4.96. The Labute approximate surface area is 127 Å². The lowest BCUT2D eigenvalue weighted by atomic mass is 10.1. The second kappa shape index (κ2) is 12.3. The highest BCUT2D eigenvalue weighted by Gasteiger charge is 2.22. The summed E-state index contributed by atoms with van der Waals surface area (Å²) in [5.41, 5.74) is 0. The Balaban J connectivity index is 4.28. The van der Waals surface area contributed by atoms with Crippen LogP contribution in [0.25, 0.3) is 0 Å². The molecule has 1 unspecified atom stereocenters. The zero-order valence-corrected chi connectivity index (χ0v) is 13.5. The Morgan fingerprint density at radius 1 is 1.10 bits per heavy atom. The van der Waals surface area contributed by atoms with E-state index in [0.717, 1.165) is 38.6 Å². The molecule has 122 valence electrons. The molecule has 21 heavy (non-hydrogen) atoms. The van der Waals surface area contributed by atoms with Gasteiger partial charge in [0.2, 0.25) is 11.8 Å². The largest absolute Gasteiger partial charge is 0.356 e. The lowest BCUT2D eigenvalue weighted by Gasteiger charge is -2.28. The second-order valence-electron chi connectivity index (χ2n) is 4.96. The zero-order valence-electron chi connectivity index (χ0n) is 13.5. The highest BCUT2D eigenvalue weighted by molar-refractivity contribution is 5.81. The number of nitrogens with zero attached hydrogens (tertiary/aromatic N) is 1. The third-order valence-electron chi connectivity index (χ3n) is 3.40. The molecular formula is C15H29N3O3. The van der Waals surface area contributed by atoms with Crippen molar-refractivity contribution < 1.29 is 14.4 Å². The Morgan fingerprint density at radius 2 is 1.76 bits per heavy atom. The van der Waals surface area contributed by atoms with E-state index in [1.807, 2.05) is 13.8 Å². The van der Waals surface area contributed by atoms with E-state index in [2.05, 4.69) is 15.5 Å². The summed E-state index contributed by atoms with van der Waals surface area (Å²) in [6.07, 6.45) is 3.65. The van der Waals surface area contributed by atoms with Crippen LogP contribution in [0.4, 0.5) is 0 Å². The highest BCUT2D eigenvalue weighted by Crippen LogP contribution is 2.09. The summed E-state index contributed by atoms with van der Waals surface area (Å²) in [7, 11) is 0. The minimum absolute atomic E-state index is 0.0138. The average Bonchev–Trinajstić information content (AvgIpc) is 2.45. The van der Waals surface area contributed by atoms with Crippen LogP contribution >= 0.6 is 0 Å². The third kappa shape index (κ3) is 9.18. The van der Waals surface area contributed by atoms with Crippen LogP contribution in [-0.4, -0.2) is 55.2 Å². The zero-order chi connectivity index (χ0) is 16.1. The Bertz CT molecular complexity index is 317. The van der Waals surface area contributed by atoms with Gasteiger partial charge in [0.05, 0.1) is 6.04 Å². The molecule has 0 bridgehead atoms. The van der Waals surface area contributed by atoms with E-state index in [9.17, 15) is 14.4 Å². The molecule has 0 fully saturated rings. The summed E-state index contributed by atoms with van der Waals surface area (Å²) in [5.74, 6) is -0.0398. The molecule has 0 aliphatic heterocycles. The molecule has 0 aromatic carbocycles. The molecule has 0 aliphatic carbocycles. The van der Waals surface area contributed by atoms with Gasteiger partial charge in [0.15, 0.2) is 0 Å². The molecule has 1 atom stereocenters. The number of carbonyl (C=O) groups is 3. The van der Waals surface area contributed by atoms with Gasteiger partial charge in [-0.25, -0.2) is 0 Å². The number of rotatable bonds is 12. The van der Waals surface area contributed by atoms with Gasteiger partial charge < -0.3 is 15.4 Å². The van der Waals surface area contributed by atoms with Gasteiger partial charge >= 0.3 is 0 Å². The number of amides is 2. The van der Waals surface area contributed by atoms with Crippen molar-refractivity contribution in [3.05, 3.63) is 0 Å². The van der Waals surface area contributed by atoms with E-state index in [1.165, 1.54) is 6.92 Å². The molecule has 2 N–H and O–H groups in total. The molecule has 0 aromatic rings. The number of nitrogens with one attached hydrogen (secondary N) is 2. The lowest BCUT2D eigenvalue weighted by Crippen LogP contribution is -2.47. The van der Waals surface area contributed by atoms with Crippen LogP contribution in [0, 0.1) is 0 Å². The SMILES string of the molecule is CCN(CC)C(CCCCNC(C)=O)C(=O)NCCC=O. The fraction of sp³-hybridized carbons (Fsp3) is 0.800. The van der Waals surface area contributed by atoms with E-state index in [1.54, 1.807) is 0 Å². The number of unbranched alkanes of at least 4 members (excludes halogenated alkanes) is 1. The predicted molar refractivity (Wildman–Crippen MR) is 82.9 cm³/mol. The summed E-state index contributed by atoms with van der Waals surface area (Å²) in [5, 5.41) is 5.57. The first-order chi connectivity index (χ1) is 10.1. The summed E-state index contributed by atoms with van der Waals surface area (Å²) < 4.78 is 0. The molecule has 0 spiro atoms. The van der Waals surface area contributed by atoms with Crippen molar-refractivity contribution in [1.29, 1.82) is 0 Å². The third-order valence-corrected chi connectivity index (χ3v) is 3.40. The quantitative estimate of drug-likeness (QED) is 0.411. The van der Waals surface area contributed by atoms with Crippen LogP contribution in [0.1, 0.15) is 46.5 Å². The van der Waals surface area contributed by atoms with Crippen molar-refractivity contribution >= 4 is 18.1 Å². The number of hydrogen-bond acceptors (Lipinski definition) is 4. The minimum atomic E-state index is -0.163. The molecule has 0 radical (unpaired) electrons. The molecule has 0 saturated heterocycles. The van der Waals surface area contributed by atoms with E-state index in [-0.39, 0.29) is 17.9 Å². The van der Waals surface area contributed by atoms with Crippen LogP contribution in [0.3, 0.4) is 0 Å². The molecule has 0 saturated carbocycles. The van der Waals surface area contributed by atoms with Gasteiger partial charge in [-0.15, -0.1) is 0 Å². The summed E-state index contributed by atoms with van der Waals surface area (Å²) in [6.45, 7) is 8.24. The molecule has 0 aromatic heterocycles. The maximum atomic E-state index is 12.2. The van der Waals surface area contributed by atoms with E-state index >= 15 is 0 Å². The van der Waals surface area contributed by atoms with Crippen LogP contribution in [0.2, 0.25) is 0 Å². The maximum Gasteiger partial charge on any atom is 0.237 e. The molecular weight excluding hydrogens is 270 g/mol. The Hall–Kier alpha value is -1.43. The van der Waals surface area contributed by atoms with Crippen molar-refractivity contribution in [1.82, 2.24) is 15.5 Å². The first-order valence-corrected chi connectivity index (χ1v) is 7.76. The predicted octanol–water partition coefficient (Wildman–Crippen LogP) is 0.708. The van der Waals surface area contributed by atoms with Crippen LogP contribution in [0.5, 0.6) is 0 Å². The van der Waals surface area contributed by atoms with Gasteiger partial charge in [0.25, 0.3) is 0 Å². The minimum Gasteiger partial charge on any atom is -0.356 e. The van der Waals surface area contributed by atoms with E-state index in [4.69, 9.17) is 0 Å². The summed E-state index contributed by atoms with van der Waals surface area (Å²) in [6, 6.07) is -0.163. The van der Waals surface area contributed by atoms with E-state index < -0.39 is 0 Å². The standard InChI is InChI=1S/C15H29N3O3/c1-4-18(5-2)14(15(21)17-11-8-12-19)9-6-7-10-16-13(3)20/h12,14H,4-11H2,1-3H3,(H,16,20)(H,17,21). The first kappa shape index (κ1) is 19.6. The fourth-order valence-electron chi connectivity index (χ4n) is 2.24. The van der Waals surface area contributed by atoms with Gasteiger partial charge in [-0.3, -0.25) is 14.5 Å². The fourth-order valence-corrected chi connectivity index (χ4v) is 2.24. The van der Waals surface area contributed by atoms with Crippen molar-refractivity contribution in [3.63, 3.8) is 0 Å². The molecule has 2 amide bonds. The Morgan fingerprint density at radius 3 is 2.29 bits per heavy atom. The average molecular weight is 299 g/mol. The van der Waals surface area contributed by atoms with Crippen molar-refractivity contribution in [3.8, 4) is 0 Å². The summed E-state index contributed by atoms with van der Waals surface area (Å²) >= 11 is 0. The number of likely N-dealkylation sites (N-methyl/N-ethyl adjacent to an activating group) is 1. The van der Waals surface area contributed by atoms with Crippen LogP contribution < -0.4 is 10.6 Å². The number of aldehydes is 1. The van der Waals surface area contributed by atoms with Crippen molar-refractivity contribution in [2.75, 3.05) is 26.2 Å². The van der Waals surface area contributed by atoms with Crippen LogP contribution in [-0.2, 0) is 14.4 Å². The van der Waals surface area contributed by atoms with Gasteiger partial charge in [0, 0.05) is 26.4 Å². The topological polar surface area (TPSA) is 78.5 Å². The monoisotopic (exact) mass is 299 g/mol. The highest BCUT2D eigenvalue weighted by atomic mass is 16.2. The number of hydrogen-bond donors (Lipinski definition) is 2. The molecule has 6 nitrogen and oxygen atoms in total. The molecule has 6 heteroatoms. The van der Waals surface area contributed by atoms with Crippen molar-refractivity contribution in [2.24, 2.45) is 0 Å². The molecule has 0 aliphatic rings. The van der Waals surface area contributed by atoms with Gasteiger partial charge in [0.1, 0.15) is 6.29 Å².